The summed E-state index contributed by atoms with van der Waals surface area (Å²) in [5.41, 5.74) is 3.18. The van der Waals surface area contributed by atoms with E-state index in [1.54, 1.807) is 11.3 Å². The zero-order valence-electron chi connectivity index (χ0n) is 10.5. The van der Waals surface area contributed by atoms with Gasteiger partial charge in [0.05, 0.1) is 5.02 Å². The van der Waals surface area contributed by atoms with Gasteiger partial charge in [-0.2, -0.15) is 0 Å². The Kier molecular flexibility index (Phi) is 3.55. The molecule has 98 valence electrons. The zero-order valence-corrected chi connectivity index (χ0v) is 12.1. The predicted molar refractivity (Wildman–Crippen MR) is 80.7 cm³/mol. The monoisotopic (exact) mass is 291 g/mol. The van der Waals surface area contributed by atoms with E-state index in [0.29, 0.717) is 6.54 Å². The van der Waals surface area contributed by atoms with E-state index in [1.807, 2.05) is 31.2 Å². The highest BCUT2D eigenvalue weighted by Crippen LogP contribution is 2.27. The molecule has 0 bridgehead atoms. The number of thiazole rings is 1. The van der Waals surface area contributed by atoms with Crippen molar-refractivity contribution < 1.29 is 0 Å². The Labute approximate surface area is 120 Å². The van der Waals surface area contributed by atoms with E-state index in [4.69, 9.17) is 11.6 Å². The Morgan fingerprint density at radius 2 is 2.16 bits per heavy atom. The van der Waals surface area contributed by atoms with Crippen LogP contribution in [-0.4, -0.2) is 9.97 Å². The van der Waals surface area contributed by atoms with E-state index in [2.05, 4.69) is 20.7 Å². The molecule has 0 aliphatic heterocycles. The molecular weight excluding hydrogens is 278 g/mol. The maximum absolute atomic E-state index is 6.36. The molecule has 0 fully saturated rings. The van der Waals surface area contributed by atoms with Crippen LogP contribution in [0.1, 0.15) is 16.4 Å². The summed E-state index contributed by atoms with van der Waals surface area (Å²) in [6, 6.07) is 8.07. The molecule has 1 aromatic carbocycles. The number of para-hydroxylation sites is 1. The van der Waals surface area contributed by atoms with Crippen LogP contribution in [-0.2, 0) is 13.1 Å². The summed E-state index contributed by atoms with van der Waals surface area (Å²) in [5.74, 6) is 0. The lowest BCUT2D eigenvalue weighted by Gasteiger charge is -2.01. The molecule has 0 saturated heterocycles. The van der Waals surface area contributed by atoms with Gasteiger partial charge >= 0.3 is 0 Å². The van der Waals surface area contributed by atoms with Gasteiger partial charge < -0.3 is 10.3 Å². The summed E-state index contributed by atoms with van der Waals surface area (Å²) in [6.07, 6.45) is 0. The van der Waals surface area contributed by atoms with Gasteiger partial charge in [-0.15, -0.1) is 11.3 Å². The number of hydrogen-bond donors (Lipinski definition) is 2. The van der Waals surface area contributed by atoms with Gasteiger partial charge in [0.15, 0.2) is 0 Å². The van der Waals surface area contributed by atoms with Crippen LogP contribution in [0.3, 0.4) is 0 Å². The third-order valence-corrected chi connectivity index (χ3v) is 4.36. The van der Waals surface area contributed by atoms with Gasteiger partial charge in [0.25, 0.3) is 0 Å². The molecule has 3 nitrogen and oxygen atoms in total. The minimum absolute atomic E-state index is 0.714. The van der Waals surface area contributed by atoms with E-state index in [0.717, 1.165) is 38.9 Å². The summed E-state index contributed by atoms with van der Waals surface area (Å²) < 4.78 is 0. The molecule has 0 unspecified atom stereocenters. The first-order valence-corrected chi connectivity index (χ1v) is 7.36. The number of nitrogens with zero attached hydrogens (tertiary/aromatic N) is 1. The summed E-state index contributed by atoms with van der Waals surface area (Å²) in [4.78, 5) is 7.76. The molecule has 0 atom stereocenters. The molecule has 0 amide bonds. The number of aromatic nitrogens is 2. The molecule has 0 aliphatic rings. The van der Waals surface area contributed by atoms with E-state index in [9.17, 15) is 0 Å². The van der Waals surface area contributed by atoms with Crippen molar-refractivity contribution in [1.29, 1.82) is 0 Å². The average Bonchev–Trinajstić information content (AvgIpc) is 2.96. The third kappa shape index (κ3) is 2.66. The van der Waals surface area contributed by atoms with E-state index in [-0.39, 0.29) is 0 Å². The second-order valence-electron chi connectivity index (χ2n) is 4.45. The predicted octanol–water partition coefficient (Wildman–Crippen LogP) is 3.88. The lowest BCUT2D eigenvalue weighted by Crippen LogP contribution is -2.13. The molecule has 3 aromatic rings. The van der Waals surface area contributed by atoms with Gasteiger partial charge in [-0.25, -0.2) is 4.98 Å². The van der Waals surface area contributed by atoms with E-state index in [1.165, 1.54) is 0 Å². The van der Waals surface area contributed by atoms with Crippen molar-refractivity contribution in [1.82, 2.24) is 15.3 Å². The van der Waals surface area contributed by atoms with E-state index < -0.39 is 0 Å². The molecule has 2 aromatic heterocycles. The highest BCUT2D eigenvalue weighted by Gasteiger charge is 2.08. The van der Waals surface area contributed by atoms with Crippen molar-refractivity contribution in [2.45, 2.75) is 20.0 Å². The Morgan fingerprint density at radius 3 is 2.89 bits per heavy atom. The molecular formula is C14H14ClN3S. The SMILES string of the molecule is Cc1csc(CNCc2[nH]c3ccccc3c2Cl)n1. The van der Waals surface area contributed by atoms with Crippen molar-refractivity contribution in [3.8, 4) is 0 Å². The standard InChI is InChI=1S/C14H14ClN3S/c1-9-8-19-13(17-9)7-16-6-12-14(15)10-4-2-3-5-11(10)18-12/h2-5,8,16,18H,6-7H2,1H3. The normalized spacial score (nSPS) is 11.3. The molecule has 0 spiro atoms. The smallest absolute Gasteiger partial charge is 0.107 e. The number of fused-ring (bicyclic) bond motifs is 1. The number of aryl methyl sites for hydroxylation is 1. The molecule has 2 N–H and O–H groups in total. The first-order valence-electron chi connectivity index (χ1n) is 6.11. The summed E-state index contributed by atoms with van der Waals surface area (Å²) in [6.45, 7) is 3.49. The van der Waals surface area contributed by atoms with Crippen molar-refractivity contribution in [3.63, 3.8) is 0 Å². The fourth-order valence-corrected chi connectivity index (χ4v) is 3.08. The molecule has 0 radical (unpaired) electrons. The lowest BCUT2D eigenvalue weighted by atomic mass is 10.2. The number of benzene rings is 1. The number of nitrogens with one attached hydrogen (secondary N) is 2. The Balaban J connectivity index is 1.70. The van der Waals surface area contributed by atoms with Crippen molar-refractivity contribution in [2.24, 2.45) is 0 Å². The van der Waals surface area contributed by atoms with Gasteiger partial charge in [-0.3, -0.25) is 0 Å². The Bertz CT molecular complexity index is 702. The fraction of sp³-hybridized carbons (Fsp3) is 0.214. The van der Waals surface area contributed by atoms with Gasteiger partial charge in [0.2, 0.25) is 0 Å². The van der Waals surface area contributed by atoms with Crippen LogP contribution in [0.5, 0.6) is 0 Å². The topological polar surface area (TPSA) is 40.7 Å². The highest BCUT2D eigenvalue weighted by atomic mass is 35.5. The maximum atomic E-state index is 6.36. The van der Waals surface area contributed by atoms with Crippen LogP contribution in [0.2, 0.25) is 5.02 Å². The van der Waals surface area contributed by atoms with Crippen LogP contribution in [0.25, 0.3) is 10.9 Å². The highest BCUT2D eigenvalue weighted by molar-refractivity contribution is 7.09. The van der Waals surface area contributed by atoms with Crippen LogP contribution in [0.4, 0.5) is 0 Å². The molecule has 0 aliphatic carbocycles. The van der Waals surface area contributed by atoms with Gasteiger partial charge in [0.1, 0.15) is 5.01 Å². The number of H-pyrrole nitrogens is 1. The first-order chi connectivity index (χ1) is 9.24. The van der Waals surface area contributed by atoms with Gasteiger partial charge in [-0.1, -0.05) is 29.8 Å². The molecule has 2 heterocycles. The van der Waals surface area contributed by atoms with Crippen LogP contribution in [0.15, 0.2) is 29.6 Å². The number of halogens is 1. The van der Waals surface area contributed by atoms with Gasteiger partial charge in [-0.05, 0) is 13.0 Å². The maximum Gasteiger partial charge on any atom is 0.107 e. The zero-order chi connectivity index (χ0) is 13.2. The molecule has 3 rings (SSSR count). The minimum atomic E-state index is 0.714. The van der Waals surface area contributed by atoms with E-state index >= 15 is 0 Å². The first kappa shape index (κ1) is 12.7. The second-order valence-corrected chi connectivity index (χ2v) is 5.77. The minimum Gasteiger partial charge on any atom is -0.356 e. The van der Waals surface area contributed by atoms with Crippen molar-refractivity contribution in [3.05, 3.63) is 51.1 Å². The van der Waals surface area contributed by atoms with Crippen LogP contribution < -0.4 is 5.32 Å². The Hall–Kier alpha value is -1.36. The fourth-order valence-electron chi connectivity index (χ4n) is 2.06. The number of aromatic amines is 1. The third-order valence-electron chi connectivity index (χ3n) is 2.96. The molecule has 5 heteroatoms. The quantitative estimate of drug-likeness (QED) is 0.766. The summed E-state index contributed by atoms with van der Waals surface area (Å²) in [5, 5.41) is 8.41. The lowest BCUT2D eigenvalue weighted by molar-refractivity contribution is 0.679. The summed E-state index contributed by atoms with van der Waals surface area (Å²) in [7, 11) is 0. The summed E-state index contributed by atoms with van der Waals surface area (Å²) >= 11 is 8.04. The molecule has 0 saturated carbocycles. The van der Waals surface area contributed by atoms with Crippen LogP contribution in [0, 0.1) is 6.92 Å². The number of hydrogen-bond acceptors (Lipinski definition) is 3. The average molecular weight is 292 g/mol. The second kappa shape index (κ2) is 5.33. The largest absolute Gasteiger partial charge is 0.356 e. The number of rotatable bonds is 4. The van der Waals surface area contributed by atoms with Crippen LogP contribution >= 0.6 is 22.9 Å². The Morgan fingerprint density at radius 1 is 1.32 bits per heavy atom. The van der Waals surface area contributed by atoms with Crippen molar-refractivity contribution in [2.75, 3.05) is 0 Å². The molecule has 19 heavy (non-hydrogen) atoms. The van der Waals surface area contributed by atoms with Gasteiger partial charge in [0, 0.05) is 40.8 Å². The van der Waals surface area contributed by atoms with Crippen molar-refractivity contribution >= 4 is 33.8 Å².